The van der Waals surface area contributed by atoms with Crippen molar-refractivity contribution in [3.8, 4) is 0 Å². The van der Waals surface area contributed by atoms with Crippen molar-refractivity contribution in [2.75, 3.05) is 33.4 Å². The summed E-state index contributed by atoms with van der Waals surface area (Å²) < 4.78 is 10.9. The number of methoxy groups -OCH3 is 1. The minimum atomic E-state index is -0.383. The maximum atomic E-state index is 12.3. The van der Waals surface area contributed by atoms with Crippen LogP contribution in [0.3, 0.4) is 0 Å². The lowest BCUT2D eigenvalue weighted by molar-refractivity contribution is -0.0309. The molecule has 2 aromatic rings. The third-order valence-corrected chi connectivity index (χ3v) is 5.08. The fourth-order valence-electron chi connectivity index (χ4n) is 3.57. The van der Waals surface area contributed by atoms with E-state index in [-0.39, 0.29) is 24.8 Å². The van der Waals surface area contributed by atoms with Crippen LogP contribution in [0.4, 0.5) is 4.79 Å². The maximum Gasteiger partial charge on any atom is 0.409 e. The number of aliphatic hydroxyl groups excluding tert-OH is 1. The number of carbonyl (C=O) groups excluding carboxylic acids is 1. The summed E-state index contributed by atoms with van der Waals surface area (Å²) in [5.41, 5.74) is 2.27. The van der Waals surface area contributed by atoms with Gasteiger partial charge in [-0.3, -0.25) is 9.80 Å². The number of carbonyl (C=O) groups is 1. The molecule has 0 spiro atoms. The molecule has 6 nitrogen and oxygen atoms in total. The number of benzene rings is 2. The summed E-state index contributed by atoms with van der Waals surface area (Å²) >= 11 is 0. The number of amides is 1. The Morgan fingerprint density at radius 1 is 1.00 bits per heavy atom. The average molecular weight is 384 g/mol. The van der Waals surface area contributed by atoms with Gasteiger partial charge in [-0.05, 0) is 11.1 Å². The van der Waals surface area contributed by atoms with Gasteiger partial charge in [-0.15, -0.1) is 0 Å². The summed E-state index contributed by atoms with van der Waals surface area (Å²) in [6.07, 6.45) is -0.383. The standard InChI is InChI=1S/C22H28N2O4/c1-27-22(26)24-14-20(15-25)23(12-18-8-4-2-5-9-18)13-21(24)17-28-16-19-10-6-3-7-11-19/h2-11,20-21,25H,12-17H2,1H3. The second kappa shape index (κ2) is 10.2. The molecule has 1 saturated heterocycles. The van der Waals surface area contributed by atoms with Crippen LogP contribution in [0.15, 0.2) is 60.7 Å². The summed E-state index contributed by atoms with van der Waals surface area (Å²) in [5.74, 6) is 0. The Labute approximate surface area is 166 Å². The normalized spacial score (nSPS) is 20.1. The fourth-order valence-corrected chi connectivity index (χ4v) is 3.57. The van der Waals surface area contributed by atoms with Crippen molar-refractivity contribution < 1.29 is 19.4 Å². The molecule has 0 saturated carbocycles. The van der Waals surface area contributed by atoms with Crippen LogP contribution in [-0.2, 0) is 22.6 Å². The van der Waals surface area contributed by atoms with Gasteiger partial charge in [-0.25, -0.2) is 4.79 Å². The predicted octanol–water partition coefficient (Wildman–Crippen LogP) is 2.52. The molecule has 2 unspecified atom stereocenters. The van der Waals surface area contributed by atoms with E-state index in [9.17, 15) is 9.90 Å². The SMILES string of the molecule is COC(=O)N1CC(CO)N(Cc2ccccc2)CC1COCc1ccccc1. The average Bonchev–Trinajstić information content (AvgIpc) is 2.75. The Bertz CT molecular complexity index is 726. The van der Waals surface area contributed by atoms with Crippen molar-refractivity contribution in [3.63, 3.8) is 0 Å². The summed E-state index contributed by atoms with van der Waals surface area (Å²) in [4.78, 5) is 16.2. The number of rotatable bonds is 7. The molecular formula is C22H28N2O4. The van der Waals surface area contributed by atoms with Crippen LogP contribution in [0.1, 0.15) is 11.1 Å². The molecule has 3 rings (SSSR count). The van der Waals surface area contributed by atoms with Gasteiger partial charge in [0.2, 0.25) is 0 Å². The zero-order chi connectivity index (χ0) is 19.8. The molecule has 0 bridgehead atoms. The number of hydrogen-bond acceptors (Lipinski definition) is 5. The van der Waals surface area contributed by atoms with Gasteiger partial charge in [0, 0.05) is 19.6 Å². The van der Waals surface area contributed by atoms with Gasteiger partial charge >= 0.3 is 6.09 Å². The molecule has 0 aromatic heterocycles. The zero-order valence-corrected chi connectivity index (χ0v) is 16.2. The molecular weight excluding hydrogens is 356 g/mol. The summed E-state index contributed by atoms with van der Waals surface area (Å²) in [5, 5.41) is 9.87. The van der Waals surface area contributed by atoms with Crippen LogP contribution in [0.2, 0.25) is 0 Å². The Kier molecular flexibility index (Phi) is 7.42. The number of ether oxygens (including phenoxy) is 2. The van der Waals surface area contributed by atoms with E-state index in [1.165, 1.54) is 12.7 Å². The Morgan fingerprint density at radius 2 is 1.64 bits per heavy atom. The van der Waals surface area contributed by atoms with Crippen molar-refractivity contribution in [2.24, 2.45) is 0 Å². The van der Waals surface area contributed by atoms with Gasteiger partial charge in [0.25, 0.3) is 0 Å². The largest absolute Gasteiger partial charge is 0.453 e. The third-order valence-electron chi connectivity index (χ3n) is 5.08. The van der Waals surface area contributed by atoms with Crippen LogP contribution in [0.25, 0.3) is 0 Å². The molecule has 0 aliphatic carbocycles. The van der Waals surface area contributed by atoms with Crippen LogP contribution in [0, 0.1) is 0 Å². The Morgan fingerprint density at radius 3 is 2.25 bits per heavy atom. The Balaban J connectivity index is 1.67. The van der Waals surface area contributed by atoms with E-state index < -0.39 is 0 Å². The lowest BCUT2D eigenvalue weighted by Crippen LogP contribution is -2.61. The summed E-state index contributed by atoms with van der Waals surface area (Å²) in [6, 6.07) is 19.8. The molecule has 1 aliphatic heterocycles. The highest BCUT2D eigenvalue weighted by molar-refractivity contribution is 5.68. The van der Waals surface area contributed by atoms with Crippen molar-refractivity contribution >= 4 is 6.09 Å². The Hall–Kier alpha value is -2.41. The van der Waals surface area contributed by atoms with Gasteiger partial charge in [0.15, 0.2) is 0 Å². The minimum Gasteiger partial charge on any atom is -0.453 e. The van der Waals surface area contributed by atoms with Crippen LogP contribution >= 0.6 is 0 Å². The molecule has 1 heterocycles. The zero-order valence-electron chi connectivity index (χ0n) is 16.2. The molecule has 2 aromatic carbocycles. The molecule has 28 heavy (non-hydrogen) atoms. The van der Waals surface area contributed by atoms with E-state index in [2.05, 4.69) is 17.0 Å². The highest BCUT2D eigenvalue weighted by atomic mass is 16.5. The van der Waals surface area contributed by atoms with Gasteiger partial charge in [0.05, 0.1) is 39.0 Å². The molecule has 2 atom stereocenters. The molecule has 1 fully saturated rings. The van der Waals surface area contributed by atoms with E-state index in [0.717, 1.165) is 12.1 Å². The van der Waals surface area contributed by atoms with E-state index in [4.69, 9.17) is 9.47 Å². The third kappa shape index (κ3) is 5.32. The van der Waals surface area contributed by atoms with Crippen molar-refractivity contribution in [3.05, 3.63) is 71.8 Å². The molecule has 0 radical (unpaired) electrons. The van der Waals surface area contributed by atoms with Crippen LogP contribution in [0.5, 0.6) is 0 Å². The van der Waals surface area contributed by atoms with Crippen LogP contribution in [-0.4, -0.2) is 66.5 Å². The van der Waals surface area contributed by atoms with Crippen molar-refractivity contribution in [1.29, 1.82) is 0 Å². The van der Waals surface area contributed by atoms with Gasteiger partial charge in [-0.2, -0.15) is 0 Å². The summed E-state index contributed by atoms with van der Waals surface area (Å²) in [7, 11) is 1.38. The first-order valence-corrected chi connectivity index (χ1v) is 9.56. The highest BCUT2D eigenvalue weighted by Crippen LogP contribution is 2.20. The highest BCUT2D eigenvalue weighted by Gasteiger charge is 2.36. The fraction of sp³-hybridized carbons (Fsp3) is 0.409. The summed E-state index contributed by atoms with van der Waals surface area (Å²) in [6.45, 7) is 2.63. The van der Waals surface area contributed by atoms with Crippen LogP contribution < -0.4 is 0 Å². The smallest absolute Gasteiger partial charge is 0.409 e. The molecule has 6 heteroatoms. The van der Waals surface area contributed by atoms with Gasteiger partial charge in [0.1, 0.15) is 0 Å². The topological polar surface area (TPSA) is 62.2 Å². The van der Waals surface area contributed by atoms with E-state index in [0.29, 0.717) is 26.3 Å². The molecule has 1 aliphatic rings. The lowest BCUT2D eigenvalue weighted by atomic mass is 10.1. The van der Waals surface area contributed by atoms with E-state index >= 15 is 0 Å². The number of nitrogens with zero attached hydrogens (tertiary/aromatic N) is 2. The first-order chi connectivity index (χ1) is 13.7. The maximum absolute atomic E-state index is 12.3. The number of aliphatic hydroxyl groups is 1. The quantitative estimate of drug-likeness (QED) is 0.795. The van der Waals surface area contributed by atoms with Crippen molar-refractivity contribution in [1.82, 2.24) is 9.80 Å². The minimum absolute atomic E-state index is 0.0160. The van der Waals surface area contributed by atoms with Crippen molar-refractivity contribution in [2.45, 2.75) is 25.2 Å². The molecule has 1 N–H and O–H groups in total. The van der Waals surface area contributed by atoms with Gasteiger partial charge < -0.3 is 14.6 Å². The number of hydrogen-bond donors (Lipinski definition) is 1. The molecule has 150 valence electrons. The first-order valence-electron chi connectivity index (χ1n) is 9.56. The second-order valence-corrected chi connectivity index (χ2v) is 7.03. The monoisotopic (exact) mass is 384 g/mol. The van der Waals surface area contributed by atoms with E-state index in [1.54, 1.807) is 4.90 Å². The first kappa shape index (κ1) is 20.3. The second-order valence-electron chi connectivity index (χ2n) is 7.03. The van der Waals surface area contributed by atoms with Gasteiger partial charge in [-0.1, -0.05) is 60.7 Å². The molecule has 1 amide bonds. The number of piperazine rings is 1. The predicted molar refractivity (Wildman–Crippen MR) is 107 cm³/mol. The lowest BCUT2D eigenvalue weighted by Gasteiger charge is -2.45. The van der Waals surface area contributed by atoms with E-state index in [1.807, 2.05) is 48.5 Å².